The number of benzene rings is 1. The smallest absolute Gasteiger partial charge is 0.0414 e. The molecule has 1 nitrogen and oxygen atoms in total. The third-order valence-electron chi connectivity index (χ3n) is 2.67. The van der Waals surface area contributed by atoms with Crippen LogP contribution in [0.4, 0.5) is 5.69 Å². The third-order valence-corrected chi connectivity index (χ3v) is 2.67. The summed E-state index contributed by atoms with van der Waals surface area (Å²) in [7, 11) is 0. The molecule has 0 N–H and O–H groups in total. The van der Waals surface area contributed by atoms with Gasteiger partial charge in [0.25, 0.3) is 0 Å². The average molecular weight is 227 g/mol. The molecule has 0 amide bonds. The highest BCUT2D eigenvalue weighted by molar-refractivity contribution is 5.74. The predicted octanol–water partition coefficient (Wildman–Crippen LogP) is 4.64. The highest BCUT2D eigenvalue weighted by atomic mass is 15.1. The van der Waals surface area contributed by atoms with E-state index in [1.165, 1.54) is 5.69 Å². The number of hydrogen-bond acceptors (Lipinski definition) is 1. The van der Waals surface area contributed by atoms with Crippen LogP contribution in [0.15, 0.2) is 55.3 Å². The van der Waals surface area contributed by atoms with Crippen LogP contribution in [0.5, 0.6) is 0 Å². The Morgan fingerprint density at radius 1 is 1.35 bits per heavy atom. The van der Waals surface area contributed by atoms with Gasteiger partial charge in [-0.15, -0.1) is 0 Å². The molecule has 0 aromatic heterocycles. The van der Waals surface area contributed by atoms with Gasteiger partial charge in [0, 0.05) is 17.9 Å². The largest absolute Gasteiger partial charge is 0.346 e. The minimum absolute atomic E-state index is 0.925. The summed E-state index contributed by atoms with van der Waals surface area (Å²) in [4.78, 5) is 2.19. The summed E-state index contributed by atoms with van der Waals surface area (Å²) in [5, 5.41) is 0. The second-order valence-corrected chi connectivity index (χ2v) is 4.06. The maximum Gasteiger partial charge on any atom is 0.0414 e. The van der Waals surface area contributed by atoms with Crippen molar-refractivity contribution >= 4 is 11.3 Å². The Labute approximate surface area is 105 Å². The van der Waals surface area contributed by atoms with E-state index in [4.69, 9.17) is 0 Å². The fraction of sp³-hybridized carbons (Fsp3) is 0.250. The van der Waals surface area contributed by atoms with Crippen molar-refractivity contribution in [3.05, 3.63) is 60.8 Å². The van der Waals surface area contributed by atoms with Crippen molar-refractivity contribution in [3.8, 4) is 0 Å². The zero-order chi connectivity index (χ0) is 12.8. The molecule has 0 fully saturated rings. The van der Waals surface area contributed by atoms with Crippen molar-refractivity contribution < 1.29 is 0 Å². The molecule has 0 atom stereocenters. The van der Waals surface area contributed by atoms with Gasteiger partial charge >= 0.3 is 0 Å². The summed E-state index contributed by atoms with van der Waals surface area (Å²) >= 11 is 0. The molecular formula is C16H21N. The second-order valence-electron chi connectivity index (χ2n) is 4.06. The molecule has 0 aliphatic rings. The molecule has 0 radical (unpaired) electrons. The van der Waals surface area contributed by atoms with E-state index < -0.39 is 0 Å². The Morgan fingerprint density at radius 3 is 2.59 bits per heavy atom. The van der Waals surface area contributed by atoms with E-state index in [0.717, 1.165) is 23.4 Å². The first-order chi connectivity index (χ1) is 8.10. The number of anilines is 1. The molecule has 0 spiro atoms. The van der Waals surface area contributed by atoms with E-state index in [1.54, 1.807) is 0 Å². The molecule has 0 unspecified atom stereocenters. The summed E-state index contributed by atoms with van der Waals surface area (Å²) in [5.74, 6) is 0. The van der Waals surface area contributed by atoms with Crippen molar-refractivity contribution in [2.75, 3.05) is 11.4 Å². The summed E-state index contributed by atoms with van der Waals surface area (Å²) in [6, 6.07) is 8.40. The fourth-order valence-electron chi connectivity index (χ4n) is 1.84. The molecule has 1 aromatic rings. The van der Waals surface area contributed by atoms with E-state index in [0.29, 0.717) is 0 Å². The van der Waals surface area contributed by atoms with Crippen LogP contribution in [-0.2, 0) is 0 Å². The lowest BCUT2D eigenvalue weighted by Crippen LogP contribution is -2.19. The van der Waals surface area contributed by atoms with Gasteiger partial charge in [0.15, 0.2) is 0 Å². The van der Waals surface area contributed by atoms with Gasteiger partial charge in [0.2, 0.25) is 0 Å². The Hall–Kier alpha value is -1.76. The number of rotatable bonds is 5. The zero-order valence-corrected chi connectivity index (χ0v) is 11.0. The van der Waals surface area contributed by atoms with Crippen LogP contribution in [0.3, 0.4) is 0 Å². The fourth-order valence-corrected chi connectivity index (χ4v) is 1.84. The van der Waals surface area contributed by atoms with Crippen molar-refractivity contribution in [1.82, 2.24) is 0 Å². The van der Waals surface area contributed by atoms with Crippen LogP contribution >= 0.6 is 0 Å². The molecule has 0 heterocycles. The Balaban J connectivity index is 3.08. The van der Waals surface area contributed by atoms with Gasteiger partial charge in [0.1, 0.15) is 0 Å². The summed E-state index contributed by atoms with van der Waals surface area (Å²) < 4.78 is 0. The Morgan fingerprint density at radius 2 is 2.06 bits per heavy atom. The summed E-state index contributed by atoms with van der Waals surface area (Å²) in [6.45, 7) is 15.1. The molecule has 0 saturated heterocycles. The van der Waals surface area contributed by atoms with E-state index >= 15 is 0 Å². The highest BCUT2D eigenvalue weighted by Crippen LogP contribution is 2.23. The third kappa shape index (κ3) is 3.35. The van der Waals surface area contributed by atoms with Crippen LogP contribution < -0.4 is 4.90 Å². The molecule has 0 bridgehead atoms. The van der Waals surface area contributed by atoms with E-state index in [-0.39, 0.29) is 0 Å². The highest BCUT2D eigenvalue weighted by Gasteiger charge is 2.05. The molecule has 17 heavy (non-hydrogen) atoms. The van der Waals surface area contributed by atoms with E-state index in [1.807, 2.05) is 26.0 Å². The van der Waals surface area contributed by atoms with Gasteiger partial charge in [-0.05, 0) is 44.0 Å². The molecule has 1 heteroatoms. The van der Waals surface area contributed by atoms with Gasteiger partial charge in [0.05, 0.1) is 0 Å². The SMILES string of the molecule is C=C(/C=C/C)c1cccc(N(CC)C(=C)C)c1. The second kappa shape index (κ2) is 6.09. The molecule has 0 aliphatic carbocycles. The zero-order valence-electron chi connectivity index (χ0n) is 11.0. The molecule has 0 saturated carbocycles. The maximum absolute atomic E-state index is 4.06. The molecule has 90 valence electrons. The number of allylic oxidation sites excluding steroid dienone is 4. The minimum atomic E-state index is 0.925. The van der Waals surface area contributed by atoms with Crippen molar-refractivity contribution in [3.63, 3.8) is 0 Å². The standard InChI is InChI=1S/C16H21N/c1-6-9-14(5)15-10-8-11-16(12-15)17(7-2)13(3)4/h6,8-12H,3,5,7H2,1-2,4H3/b9-6+. The Kier molecular flexibility index (Phi) is 4.77. The number of hydrogen-bond donors (Lipinski definition) is 0. The normalized spacial score (nSPS) is 10.5. The first-order valence-electron chi connectivity index (χ1n) is 5.95. The lowest BCUT2D eigenvalue weighted by Gasteiger charge is -2.23. The quantitative estimate of drug-likeness (QED) is 0.663. The predicted molar refractivity (Wildman–Crippen MR) is 78.1 cm³/mol. The lowest BCUT2D eigenvalue weighted by molar-refractivity contribution is 0.958. The monoisotopic (exact) mass is 227 g/mol. The van der Waals surface area contributed by atoms with Gasteiger partial charge in [-0.25, -0.2) is 0 Å². The van der Waals surface area contributed by atoms with E-state index in [2.05, 4.69) is 49.2 Å². The van der Waals surface area contributed by atoms with Crippen molar-refractivity contribution in [1.29, 1.82) is 0 Å². The van der Waals surface area contributed by atoms with Gasteiger partial charge in [-0.2, -0.15) is 0 Å². The minimum Gasteiger partial charge on any atom is -0.346 e. The summed E-state index contributed by atoms with van der Waals surface area (Å²) in [6.07, 6.45) is 4.03. The molecule has 0 aliphatic heterocycles. The average Bonchev–Trinajstić information content (AvgIpc) is 2.30. The van der Waals surface area contributed by atoms with Crippen molar-refractivity contribution in [2.24, 2.45) is 0 Å². The number of nitrogens with zero attached hydrogens (tertiary/aromatic N) is 1. The van der Waals surface area contributed by atoms with Gasteiger partial charge in [-0.3, -0.25) is 0 Å². The van der Waals surface area contributed by atoms with Crippen LogP contribution in [0.2, 0.25) is 0 Å². The van der Waals surface area contributed by atoms with Crippen molar-refractivity contribution in [2.45, 2.75) is 20.8 Å². The molecule has 1 rings (SSSR count). The first kappa shape index (κ1) is 13.3. The van der Waals surface area contributed by atoms with Crippen LogP contribution in [0, 0.1) is 0 Å². The topological polar surface area (TPSA) is 3.24 Å². The molecule has 1 aromatic carbocycles. The van der Waals surface area contributed by atoms with Gasteiger partial charge in [-0.1, -0.05) is 37.4 Å². The van der Waals surface area contributed by atoms with Crippen LogP contribution in [-0.4, -0.2) is 6.54 Å². The van der Waals surface area contributed by atoms with Crippen LogP contribution in [0.1, 0.15) is 26.3 Å². The van der Waals surface area contributed by atoms with E-state index in [9.17, 15) is 0 Å². The summed E-state index contributed by atoms with van der Waals surface area (Å²) in [5.41, 5.74) is 4.41. The lowest BCUT2D eigenvalue weighted by atomic mass is 10.1. The van der Waals surface area contributed by atoms with Crippen LogP contribution in [0.25, 0.3) is 5.57 Å². The Bertz CT molecular complexity index is 441. The maximum atomic E-state index is 4.06. The molecular weight excluding hydrogens is 206 g/mol. The van der Waals surface area contributed by atoms with Gasteiger partial charge < -0.3 is 4.90 Å². The first-order valence-corrected chi connectivity index (χ1v) is 5.95.